The highest BCUT2D eigenvalue weighted by molar-refractivity contribution is 7.91. The maximum absolute atomic E-state index is 12.4. The molecule has 2 heterocycles. The first-order valence-corrected chi connectivity index (χ1v) is 9.60. The predicted octanol–water partition coefficient (Wildman–Crippen LogP) is 1.11. The van der Waals surface area contributed by atoms with Crippen LogP contribution in [0.1, 0.15) is 33.7 Å². The Morgan fingerprint density at radius 1 is 1.29 bits per heavy atom. The van der Waals surface area contributed by atoms with Crippen molar-refractivity contribution in [3.05, 3.63) is 40.7 Å². The second-order valence-electron chi connectivity index (χ2n) is 6.30. The first-order chi connectivity index (χ1) is 11.3. The lowest BCUT2D eigenvalue weighted by atomic mass is 10.1. The van der Waals surface area contributed by atoms with Crippen LogP contribution in [0.2, 0.25) is 0 Å². The van der Waals surface area contributed by atoms with Gasteiger partial charge in [-0.25, -0.2) is 13.1 Å². The summed E-state index contributed by atoms with van der Waals surface area (Å²) >= 11 is 0. The Labute approximate surface area is 141 Å². The molecule has 0 saturated carbocycles. The van der Waals surface area contributed by atoms with Gasteiger partial charge in [0.25, 0.3) is 5.91 Å². The molecule has 128 valence electrons. The van der Waals surface area contributed by atoms with E-state index in [4.69, 9.17) is 0 Å². The van der Waals surface area contributed by atoms with Crippen molar-refractivity contribution in [1.29, 1.82) is 0 Å². The average Bonchev–Trinajstić information content (AvgIpc) is 3.04. The summed E-state index contributed by atoms with van der Waals surface area (Å²) in [4.78, 5) is 12.4. The molecule has 1 amide bonds. The van der Waals surface area contributed by atoms with Crippen molar-refractivity contribution >= 4 is 15.7 Å². The molecule has 1 aromatic carbocycles. The second-order valence-corrected chi connectivity index (χ2v) is 8.53. The molecule has 1 saturated heterocycles. The Morgan fingerprint density at radius 3 is 2.71 bits per heavy atom. The molecular weight excluding hydrogens is 328 g/mol. The highest BCUT2D eigenvalue weighted by Gasteiger charge is 2.30. The van der Waals surface area contributed by atoms with Crippen LogP contribution in [0.4, 0.5) is 0 Å². The van der Waals surface area contributed by atoms with E-state index in [0.717, 1.165) is 16.8 Å². The molecule has 0 bridgehead atoms. The van der Waals surface area contributed by atoms with E-state index in [1.807, 2.05) is 32.0 Å². The summed E-state index contributed by atoms with van der Waals surface area (Å²) in [5, 5.41) is 10.8. The van der Waals surface area contributed by atoms with E-state index in [9.17, 15) is 13.2 Å². The van der Waals surface area contributed by atoms with Gasteiger partial charge in [-0.05, 0) is 44.4 Å². The molecule has 1 fully saturated rings. The molecule has 0 aliphatic carbocycles. The Hall–Kier alpha value is -2.22. The number of hydrogen-bond donors (Lipinski definition) is 1. The number of carbonyl (C=O) groups excluding carboxylic acids is 1. The van der Waals surface area contributed by atoms with Crippen molar-refractivity contribution in [2.24, 2.45) is 0 Å². The van der Waals surface area contributed by atoms with E-state index in [1.165, 1.54) is 0 Å². The summed E-state index contributed by atoms with van der Waals surface area (Å²) in [6.45, 7) is 5.74. The Bertz CT molecular complexity index is 902. The summed E-state index contributed by atoms with van der Waals surface area (Å²) in [5.41, 5.74) is 3.85. The number of rotatable bonds is 3. The Morgan fingerprint density at radius 2 is 2.04 bits per heavy atom. The summed E-state index contributed by atoms with van der Waals surface area (Å²) in [5.74, 6) is -0.277. The number of benzene rings is 1. The van der Waals surface area contributed by atoms with Crippen LogP contribution >= 0.6 is 0 Å². The van der Waals surface area contributed by atoms with Gasteiger partial charge in [-0.15, -0.1) is 5.10 Å². The van der Waals surface area contributed by atoms with E-state index in [1.54, 1.807) is 11.6 Å². The number of hydrogen-bond acceptors (Lipinski definition) is 5. The van der Waals surface area contributed by atoms with E-state index >= 15 is 0 Å². The molecule has 3 rings (SSSR count). The molecule has 2 aromatic rings. The smallest absolute Gasteiger partial charge is 0.274 e. The van der Waals surface area contributed by atoms with Crippen LogP contribution in [0.5, 0.6) is 0 Å². The fraction of sp³-hybridized carbons (Fsp3) is 0.438. The van der Waals surface area contributed by atoms with Gasteiger partial charge in [0.2, 0.25) is 0 Å². The average molecular weight is 348 g/mol. The monoisotopic (exact) mass is 348 g/mol. The van der Waals surface area contributed by atoms with Crippen molar-refractivity contribution in [3.63, 3.8) is 0 Å². The van der Waals surface area contributed by atoms with Gasteiger partial charge in [0.05, 0.1) is 22.9 Å². The third kappa shape index (κ3) is 3.19. The minimum absolute atomic E-state index is 0.0110. The van der Waals surface area contributed by atoms with E-state index in [-0.39, 0.29) is 29.1 Å². The van der Waals surface area contributed by atoms with Gasteiger partial charge in [0.1, 0.15) is 0 Å². The van der Waals surface area contributed by atoms with Crippen LogP contribution in [-0.4, -0.2) is 46.9 Å². The molecule has 1 N–H and O–H groups in total. The maximum atomic E-state index is 12.4. The van der Waals surface area contributed by atoms with Crippen LogP contribution < -0.4 is 5.32 Å². The predicted molar refractivity (Wildman–Crippen MR) is 90.1 cm³/mol. The van der Waals surface area contributed by atoms with Crippen LogP contribution in [0.25, 0.3) is 5.69 Å². The quantitative estimate of drug-likeness (QED) is 0.897. The number of nitrogens with one attached hydrogen (secondary N) is 1. The van der Waals surface area contributed by atoms with Crippen LogP contribution in [-0.2, 0) is 9.84 Å². The lowest BCUT2D eigenvalue weighted by molar-refractivity contribution is 0.0935. The molecule has 0 radical (unpaired) electrons. The molecule has 1 aliphatic heterocycles. The van der Waals surface area contributed by atoms with Gasteiger partial charge in [0.15, 0.2) is 15.5 Å². The minimum atomic E-state index is -3.04. The highest BCUT2D eigenvalue weighted by Crippen LogP contribution is 2.18. The van der Waals surface area contributed by atoms with Gasteiger partial charge >= 0.3 is 0 Å². The fourth-order valence-electron chi connectivity index (χ4n) is 2.88. The van der Waals surface area contributed by atoms with Gasteiger partial charge in [-0.1, -0.05) is 17.3 Å². The van der Waals surface area contributed by atoms with Crippen molar-refractivity contribution < 1.29 is 13.2 Å². The summed E-state index contributed by atoms with van der Waals surface area (Å²) in [6, 6.07) is 5.64. The SMILES string of the molecule is Cc1ccc(C)c(-n2nnc(C(=O)N[C@H]3CCS(=O)(=O)C3)c2C)c1. The molecule has 1 aliphatic rings. The van der Waals surface area contributed by atoms with E-state index < -0.39 is 9.84 Å². The third-order valence-corrected chi connectivity index (χ3v) is 6.04. The fourth-order valence-corrected chi connectivity index (χ4v) is 4.55. The Kier molecular flexibility index (Phi) is 4.16. The number of sulfone groups is 1. The lowest BCUT2D eigenvalue weighted by Crippen LogP contribution is -2.36. The molecule has 0 spiro atoms. The first kappa shape index (κ1) is 16.6. The maximum Gasteiger partial charge on any atom is 0.274 e. The van der Waals surface area contributed by atoms with Crippen molar-refractivity contribution in [1.82, 2.24) is 20.3 Å². The summed E-state index contributed by atoms with van der Waals surface area (Å²) in [7, 11) is -3.04. The van der Waals surface area contributed by atoms with Crippen LogP contribution in [0.15, 0.2) is 18.2 Å². The normalized spacial score (nSPS) is 19.4. The molecule has 7 nitrogen and oxygen atoms in total. The van der Waals surface area contributed by atoms with Crippen molar-refractivity contribution in [2.45, 2.75) is 33.2 Å². The number of aromatic nitrogens is 3. The largest absolute Gasteiger partial charge is 0.347 e. The van der Waals surface area contributed by atoms with Gasteiger partial charge in [-0.3, -0.25) is 4.79 Å². The number of amides is 1. The third-order valence-electron chi connectivity index (χ3n) is 4.27. The zero-order valence-corrected chi connectivity index (χ0v) is 14.7. The standard InChI is InChI=1S/C16H20N4O3S/c1-10-4-5-11(2)14(8-10)20-12(3)15(18-19-20)16(21)17-13-6-7-24(22,23)9-13/h4-5,8,13H,6-7,9H2,1-3H3,(H,17,21)/t13-/m0/s1. The van der Waals surface area contributed by atoms with E-state index in [2.05, 4.69) is 15.6 Å². The lowest BCUT2D eigenvalue weighted by Gasteiger charge is -2.10. The van der Waals surface area contributed by atoms with Gasteiger partial charge < -0.3 is 5.32 Å². The molecule has 0 unspecified atom stereocenters. The molecule has 8 heteroatoms. The zero-order valence-electron chi connectivity index (χ0n) is 13.9. The number of aryl methyl sites for hydroxylation is 2. The number of nitrogens with zero attached hydrogens (tertiary/aromatic N) is 3. The molecule has 1 atom stereocenters. The van der Waals surface area contributed by atoms with E-state index in [0.29, 0.717) is 12.1 Å². The van der Waals surface area contributed by atoms with Crippen LogP contribution in [0, 0.1) is 20.8 Å². The molecular formula is C16H20N4O3S. The first-order valence-electron chi connectivity index (χ1n) is 7.78. The highest BCUT2D eigenvalue weighted by atomic mass is 32.2. The Balaban J connectivity index is 1.85. The summed E-state index contributed by atoms with van der Waals surface area (Å²) < 4.78 is 24.6. The van der Waals surface area contributed by atoms with Crippen molar-refractivity contribution in [3.8, 4) is 5.69 Å². The number of carbonyl (C=O) groups is 1. The van der Waals surface area contributed by atoms with Crippen molar-refractivity contribution in [2.75, 3.05) is 11.5 Å². The topological polar surface area (TPSA) is 93.9 Å². The zero-order chi connectivity index (χ0) is 17.5. The van der Waals surface area contributed by atoms with Crippen LogP contribution in [0.3, 0.4) is 0 Å². The second kappa shape index (κ2) is 6.01. The van der Waals surface area contributed by atoms with Gasteiger partial charge in [-0.2, -0.15) is 0 Å². The minimum Gasteiger partial charge on any atom is -0.347 e. The molecule has 1 aromatic heterocycles. The summed E-state index contributed by atoms with van der Waals surface area (Å²) in [6.07, 6.45) is 0.443. The molecule has 24 heavy (non-hydrogen) atoms. The van der Waals surface area contributed by atoms with Gasteiger partial charge in [0, 0.05) is 6.04 Å².